The number of hydrogen-bond acceptors (Lipinski definition) is 12. The number of hydrogen-bond donors (Lipinski definition) is 0. The van der Waals surface area contributed by atoms with Gasteiger partial charge in [-0.2, -0.15) is 0 Å². The normalized spacial score (nSPS) is 11.7. The first-order chi connectivity index (χ1) is 46.5. The predicted molar refractivity (Wildman–Crippen MR) is 390 cm³/mol. The zero-order valence-electron chi connectivity index (χ0n) is 56.6. The number of benzene rings is 7. The van der Waals surface area contributed by atoms with Crippen LogP contribution in [0.15, 0.2) is 219 Å². The molecule has 12 nitrogen and oxygen atoms in total. The Kier molecular flexibility index (Phi) is 18.3. The summed E-state index contributed by atoms with van der Waals surface area (Å²) in [5.74, 6) is 7.73. The highest BCUT2D eigenvalue weighted by Gasteiger charge is 2.21. The number of pyridine rings is 3. The molecule has 12 heteroatoms. The van der Waals surface area contributed by atoms with E-state index in [1.165, 1.54) is 0 Å². The lowest BCUT2D eigenvalue weighted by Crippen LogP contribution is -2.08. The molecule has 13 aromatic rings. The van der Waals surface area contributed by atoms with E-state index in [1.54, 1.807) is 0 Å². The first-order valence-electron chi connectivity index (χ1n) is 33.4. The molecule has 0 aliphatic carbocycles. The summed E-state index contributed by atoms with van der Waals surface area (Å²) >= 11 is 0. The summed E-state index contributed by atoms with van der Waals surface area (Å²) in [5.41, 5.74) is 21.5. The zero-order valence-corrected chi connectivity index (χ0v) is 56.6. The van der Waals surface area contributed by atoms with Gasteiger partial charge in [0, 0.05) is 87.5 Å². The maximum Gasteiger partial charge on any atom is 0.164 e. The van der Waals surface area contributed by atoms with E-state index in [0.717, 1.165) is 152 Å². The first-order valence-corrected chi connectivity index (χ1v) is 33.4. The van der Waals surface area contributed by atoms with Crippen molar-refractivity contribution in [2.75, 3.05) is 0 Å². The fraction of sp³-hybridized carbons (Fsp3) is 0.214. The molecule has 6 heterocycles. The SMILES string of the molecule is CC(C)c1nc(-c2ccc(-c3ccc(-c4ccccc4-c4cc(-c5ccccc5-c5ccc(-c6ccc(-c7nc(C(C)C)nc(C(C)C)n7)cn6)cc5)cc(-c5ccccc5-c5ccc(-c6ccc(-c7nc(C(C)C)nc(C(C)C)n7)cn6)cc5)c4)cc3)nc2)nc(C(C)C)n1. The Morgan fingerprint density at radius 1 is 0.188 bits per heavy atom. The van der Waals surface area contributed by atoms with Gasteiger partial charge in [-0.25, -0.2) is 44.9 Å². The van der Waals surface area contributed by atoms with Crippen LogP contribution in [0.1, 0.15) is 154 Å². The summed E-state index contributed by atoms with van der Waals surface area (Å²) in [7, 11) is 0. The van der Waals surface area contributed by atoms with E-state index < -0.39 is 0 Å². The summed E-state index contributed by atoms with van der Waals surface area (Å²) in [6.07, 6.45) is 5.61. The standard InChI is InChI=1S/C84H78N12/c1-49(2)76-88-77(50(3)4)92-82(91-76)61-37-40-73(85-46-61)58-31-25-55(26-32-58)67-19-13-16-22-70(67)64-43-65(71-23-17-14-20-68(71)56-27-33-59(34-28-56)74-41-38-62(47-86-74)83-93-78(51(5)6)89-79(94-83)52(7)8)45-66(44-64)72-24-18-15-21-69(72)57-29-35-60(36-30-57)75-42-39-63(48-87-75)84-95-80(53(9)10)90-81(96-84)54(11)12/h13-54H,1-12H3. The van der Waals surface area contributed by atoms with Gasteiger partial charge in [-0.1, -0.05) is 229 Å². The van der Waals surface area contributed by atoms with Crippen LogP contribution in [0.2, 0.25) is 0 Å². The average Bonchev–Trinajstić information content (AvgIpc) is 0.907. The van der Waals surface area contributed by atoms with Crippen molar-refractivity contribution in [2.24, 2.45) is 0 Å². The van der Waals surface area contributed by atoms with E-state index in [9.17, 15) is 0 Å². The second-order valence-corrected chi connectivity index (χ2v) is 26.5. The Morgan fingerprint density at radius 2 is 0.375 bits per heavy atom. The topological polar surface area (TPSA) is 155 Å². The maximum absolute atomic E-state index is 4.95. The van der Waals surface area contributed by atoms with Crippen molar-refractivity contribution in [3.8, 4) is 135 Å². The smallest absolute Gasteiger partial charge is 0.164 e. The largest absolute Gasteiger partial charge is 0.255 e. The molecule has 0 amide bonds. The number of aromatic nitrogens is 12. The molecule has 0 saturated carbocycles. The number of nitrogens with zero attached hydrogens (tertiary/aromatic N) is 12. The lowest BCUT2D eigenvalue weighted by atomic mass is 9.86. The third-order valence-corrected chi connectivity index (χ3v) is 17.3. The fourth-order valence-corrected chi connectivity index (χ4v) is 11.8. The van der Waals surface area contributed by atoms with E-state index in [1.807, 2.05) is 18.6 Å². The minimum absolute atomic E-state index is 0.176. The average molecular weight is 1260 g/mol. The van der Waals surface area contributed by atoms with Crippen molar-refractivity contribution in [2.45, 2.75) is 119 Å². The summed E-state index contributed by atoms with van der Waals surface area (Å²) in [5, 5.41) is 0. The molecule has 0 unspecified atom stereocenters. The second-order valence-electron chi connectivity index (χ2n) is 26.5. The predicted octanol–water partition coefficient (Wildman–Crippen LogP) is 21.2. The minimum Gasteiger partial charge on any atom is -0.255 e. The van der Waals surface area contributed by atoms with Gasteiger partial charge in [0.05, 0.1) is 17.1 Å². The highest BCUT2D eigenvalue weighted by Crippen LogP contribution is 2.43. The molecule has 0 bridgehead atoms. The highest BCUT2D eigenvalue weighted by atomic mass is 15.1. The molecule has 0 fully saturated rings. The lowest BCUT2D eigenvalue weighted by molar-refractivity contribution is 0.697. The van der Waals surface area contributed by atoms with Crippen LogP contribution in [0.4, 0.5) is 0 Å². The minimum atomic E-state index is 0.176. The van der Waals surface area contributed by atoms with Crippen LogP contribution in [0.25, 0.3) is 135 Å². The van der Waals surface area contributed by atoms with Gasteiger partial charge in [-0.05, 0) is 121 Å². The molecule has 0 saturated heterocycles. The van der Waals surface area contributed by atoms with Crippen LogP contribution >= 0.6 is 0 Å². The van der Waals surface area contributed by atoms with E-state index in [-0.39, 0.29) is 35.5 Å². The van der Waals surface area contributed by atoms with Gasteiger partial charge >= 0.3 is 0 Å². The van der Waals surface area contributed by atoms with E-state index in [2.05, 4.69) is 283 Å². The molecule has 0 aliphatic rings. The molecule has 474 valence electrons. The molecule has 0 N–H and O–H groups in total. The van der Waals surface area contributed by atoms with Gasteiger partial charge in [-0.15, -0.1) is 0 Å². The van der Waals surface area contributed by atoms with Gasteiger partial charge in [0.1, 0.15) is 34.9 Å². The summed E-state index contributed by atoms with van der Waals surface area (Å²) in [6.45, 7) is 25.3. The molecule has 96 heavy (non-hydrogen) atoms. The Labute approximate surface area is 563 Å². The molecule has 0 atom stereocenters. The molecule has 0 radical (unpaired) electrons. The van der Waals surface area contributed by atoms with E-state index >= 15 is 0 Å². The van der Waals surface area contributed by atoms with Gasteiger partial charge < -0.3 is 0 Å². The number of rotatable bonds is 18. The third kappa shape index (κ3) is 13.7. The van der Waals surface area contributed by atoms with Crippen molar-refractivity contribution in [1.82, 2.24) is 59.8 Å². The monoisotopic (exact) mass is 1250 g/mol. The molecular weight excluding hydrogens is 1180 g/mol. The quantitative estimate of drug-likeness (QED) is 0.0803. The van der Waals surface area contributed by atoms with Gasteiger partial charge in [0.15, 0.2) is 17.5 Å². The summed E-state index contributed by atoms with van der Waals surface area (Å²) in [4.78, 5) is 58.1. The molecule has 6 aromatic heterocycles. The molecule has 0 spiro atoms. The van der Waals surface area contributed by atoms with Crippen molar-refractivity contribution >= 4 is 0 Å². The van der Waals surface area contributed by atoms with Crippen molar-refractivity contribution in [3.05, 3.63) is 254 Å². The van der Waals surface area contributed by atoms with Crippen molar-refractivity contribution < 1.29 is 0 Å². The summed E-state index contributed by atoms with van der Waals surface area (Å²) < 4.78 is 0. The molecule has 13 rings (SSSR count). The lowest BCUT2D eigenvalue weighted by Gasteiger charge is -2.18. The fourth-order valence-electron chi connectivity index (χ4n) is 11.8. The van der Waals surface area contributed by atoms with Crippen molar-refractivity contribution in [1.29, 1.82) is 0 Å². The second kappa shape index (κ2) is 27.5. The first kappa shape index (κ1) is 63.8. The van der Waals surface area contributed by atoms with Crippen molar-refractivity contribution in [3.63, 3.8) is 0 Å². The van der Waals surface area contributed by atoms with Gasteiger partial charge in [-0.3, -0.25) is 15.0 Å². The van der Waals surface area contributed by atoms with E-state index in [0.29, 0.717) is 17.5 Å². The van der Waals surface area contributed by atoms with Crippen LogP contribution in [-0.4, -0.2) is 59.8 Å². The molecular formula is C84H78N12. The zero-order chi connectivity index (χ0) is 66.7. The van der Waals surface area contributed by atoms with Gasteiger partial charge in [0.25, 0.3) is 0 Å². The van der Waals surface area contributed by atoms with Crippen LogP contribution < -0.4 is 0 Å². The van der Waals surface area contributed by atoms with Crippen LogP contribution in [0.5, 0.6) is 0 Å². The van der Waals surface area contributed by atoms with E-state index in [4.69, 9.17) is 59.8 Å². The van der Waals surface area contributed by atoms with Crippen LogP contribution in [0, 0.1) is 0 Å². The Balaban J connectivity index is 0.853. The van der Waals surface area contributed by atoms with Crippen LogP contribution in [-0.2, 0) is 0 Å². The Hall–Kier alpha value is -11.0. The summed E-state index contributed by atoms with van der Waals surface area (Å²) in [6, 6.07) is 71.8. The Morgan fingerprint density at radius 3 is 0.562 bits per heavy atom. The van der Waals surface area contributed by atoms with Crippen LogP contribution in [0.3, 0.4) is 0 Å². The van der Waals surface area contributed by atoms with Gasteiger partial charge in [0.2, 0.25) is 0 Å². The molecule has 7 aromatic carbocycles. The Bertz CT molecular complexity index is 4320. The third-order valence-electron chi connectivity index (χ3n) is 17.3. The highest BCUT2D eigenvalue weighted by molar-refractivity contribution is 5.94. The maximum atomic E-state index is 4.95. The molecule has 0 aliphatic heterocycles.